The summed E-state index contributed by atoms with van der Waals surface area (Å²) in [5, 5.41) is 14.1. The molecule has 5 nitrogen and oxygen atoms in total. The molecule has 3 rings (SSSR count). The molecule has 26 heavy (non-hydrogen) atoms. The Morgan fingerprint density at radius 2 is 1.81 bits per heavy atom. The van der Waals surface area contributed by atoms with Gasteiger partial charge in [-0.05, 0) is 57.0 Å². The molecule has 0 aliphatic rings. The number of aromatic carboxylic acids is 1. The van der Waals surface area contributed by atoms with Crippen LogP contribution in [0.4, 0.5) is 5.69 Å². The van der Waals surface area contributed by atoms with E-state index in [1.807, 2.05) is 68.8 Å². The molecule has 0 spiro atoms. The van der Waals surface area contributed by atoms with E-state index in [-0.39, 0.29) is 5.56 Å². The molecule has 3 aromatic rings. The van der Waals surface area contributed by atoms with Crippen molar-refractivity contribution in [3.8, 4) is 5.69 Å². The highest BCUT2D eigenvalue weighted by Crippen LogP contribution is 2.26. The molecule has 5 heteroatoms. The lowest BCUT2D eigenvalue weighted by Gasteiger charge is -2.07. The van der Waals surface area contributed by atoms with Crippen LogP contribution in [0.5, 0.6) is 0 Å². The summed E-state index contributed by atoms with van der Waals surface area (Å²) in [7, 11) is 0. The zero-order chi connectivity index (χ0) is 18.8. The first kappa shape index (κ1) is 17.6. The third-order valence-corrected chi connectivity index (χ3v) is 4.35. The summed E-state index contributed by atoms with van der Waals surface area (Å²) in [6.07, 6.45) is 1.71. The second-order valence-electron chi connectivity index (χ2n) is 6.37. The summed E-state index contributed by atoms with van der Waals surface area (Å²) in [6, 6.07) is 13.5. The SMILES string of the molecule is Cc1cc(C)c(N=Cc2c(C)nn(-c3ccccc3)c2C)c(C(=O)O)c1. The maximum atomic E-state index is 11.6. The Labute approximate surface area is 152 Å². The van der Waals surface area contributed by atoms with Crippen molar-refractivity contribution in [3.63, 3.8) is 0 Å². The lowest BCUT2D eigenvalue weighted by Crippen LogP contribution is -2.00. The number of hydrogen-bond donors (Lipinski definition) is 1. The monoisotopic (exact) mass is 347 g/mol. The molecular formula is C21H21N3O2. The number of aryl methyl sites for hydroxylation is 3. The van der Waals surface area contributed by atoms with Crippen LogP contribution in [-0.2, 0) is 0 Å². The third-order valence-electron chi connectivity index (χ3n) is 4.35. The van der Waals surface area contributed by atoms with E-state index in [9.17, 15) is 9.90 Å². The Morgan fingerprint density at radius 1 is 1.12 bits per heavy atom. The van der Waals surface area contributed by atoms with E-state index in [1.54, 1.807) is 12.3 Å². The van der Waals surface area contributed by atoms with Crippen molar-refractivity contribution in [2.45, 2.75) is 27.7 Å². The van der Waals surface area contributed by atoms with Gasteiger partial charge >= 0.3 is 5.97 Å². The highest BCUT2D eigenvalue weighted by Gasteiger charge is 2.14. The lowest BCUT2D eigenvalue weighted by atomic mass is 10.0. The molecule has 0 aliphatic carbocycles. The number of para-hydroxylation sites is 1. The molecule has 0 saturated carbocycles. The fourth-order valence-corrected chi connectivity index (χ4v) is 3.09. The van der Waals surface area contributed by atoms with E-state index < -0.39 is 5.97 Å². The van der Waals surface area contributed by atoms with Gasteiger partial charge in [0.25, 0.3) is 0 Å². The number of carboxylic acid groups (broad SMARTS) is 1. The molecule has 2 aromatic carbocycles. The van der Waals surface area contributed by atoms with Gasteiger partial charge < -0.3 is 5.11 Å². The molecule has 132 valence electrons. The third kappa shape index (κ3) is 3.28. The van der Waals surface area contributed by atoms with Crippen molar-refractivity contribution in [2.75, 3.05) is 0 Å². The number of nitrogens with zero attached hydrogens (tertiary/aromatic N) is 3. The van der Waals surface area contributed by atoms with Crippen molar-refractivity contribution < 1.29 is 9.90 Å². The van der Waals surface area contributed by atoms with E-state index in [4.69, 9.17) is 0 Å². The van der Waals surface area contributed by atoms with Crippen molar-refractivity contribution in [3.05, 3.63) is 76.1 Å². The highest BCUT2D eigenvalue weighted by molar-refractivity contribution is 5.96. The summed E-state index contributed by atoms with van der Waals surface area (Å²) >= 11 is 0. The molecule has 1 N–H and O–H groups in total. The largest absolute Gasteiger partial charge is 0.478 e. The minimum atomic E-state index is -0.975. The summed E-state index contributed by atoms with van der Waals surface area (Å²) in [5.41, 5.74) is 6.11. The highest BCUT2D eigenvalue weighted by atomic mass is 16.4. The average molecular weight is 347 g/mol. The molecule has 0 bridgehead atoms. The van der Waals surface area contributed by atoms with Crippen molar-refractivity contribution in [1.29, 1.82) is 0 Å². The minimum Gasteiger partial charge on any atom is -0.478 e. The quantitative estimate of drug-likeness (QED) is 0.704. The summed E-state index contributed by atoms with van der Waals surface area (Å²) in [4.78, 5) is 16.1. The Kier molecular flexibility index (Phi) is 4.71. The fraction of sp³-hybridized carbons (Fsp3) is 0.190. The van der Waals surface area contributed by atoms with Crippen LogP contribution in [0.2, 0.25) is 0 Å². The molecule has 0 unspecified atom stereocenters. The number of aliphatic imine (C=N–C) groups is 1. The van der Waals surface area contributed by atoms with E-state index >= 15 is 0 Å². The summed E-state index contributed by atoms with van der Waals surface area (Å²) < 4.78 is 1.87. The van der Waals surface area contributed by atoms with Gasteiger partial charge in [-0.1, -0.05) is 24.3 Å². The van der Waals surface area contributed by atoms with E-state index in [1.165, 1.54) is 0 Å². The van der Waals surface area contributed by atoms with Gasteiger partial charge in [0, 0.05) is 11.8 Å². The van der Waals surface area contributed by atoms with Crippen LogP contribution in [0.1, 0.15) is 38.4 Å². The van der Waals surface area contributed by atoms with E-state index in [0.717, 1.165) is 33.8 Å². The number of benzene rings is 2. The van der Waals surface area contributed by atoms with Crippen LogP contribution >= 0.6 is 0 Å². The van der Waals surface area contributed by atoms with Gasteiger partial charge in [0.15, 0.2) is 0 Å². The number of carbonyl (C=O) groups is 1. The fourth-order valence-electron chi connectivity index (χ4n) is 3.09. The Morgan fingerprint density at radius 3 is 2.46 bits per heavy atom. The van der Waals surface area contributed by atoms with Gasteiger partial charge in [0.2, 0.25) is 0 Å². The van der Waals surface area contributed by atoms with E-state index in [0.29, 0.717) is 5.69 Å². The maximum absolute atomic E-state index is 11.6. The van der Waals surface area contributed by atoms with Crippen LogP contribution in [0.25, 0.3) is 5.69 Å². The Hall–Kier alpha value is -3.21. The van der Waals surface area contributed by atoms with Crippen LogP contribution in [0, 0.1) is 27.7 Å². The van der Waals surface area contributed by atoms with Crippen LogP contribution < -0.4 is 0 Å². The number of hydrogen-bond acceptors (Lipinski definition) is 3. The number of aromatic nitrogens is 2. The molecule has 0 saturated heterocycles. The Bertz CT molecular complexity index is 1000. The molecule has 1 aromatic heterocycles. The smallest absolute Gasteiger partial charge is 0.337 e. The number of carboxylic acids is 1. The molecule has 1 heterocycles. The normalized spacial score (nSPS) is 11.2. The zero-order valence-electron chi connectivity index (χ0n) is 15.3. The molecular weight excluding hydrogens is 326 g/mol. The van der Waals surface area contributed by atoms with Gasteiger partial charge in [0.1, 0.15) is 0 Å². The van der Waals surface area contributed by atoms with Crippen molar-refractivity contribution in [2.24, 2.45) is 4.99 Å². The summed E-state index contributed by atoms with van der Waals surface area (Å²) in [6.45, 7) is 7.66. The minimum absolute atomic E-state index is 0.213. The second-order valence-corrected chi connectivity index (χ2v) is 6.37. The molecule has 0 radical (unpaired) electrons. The number of rotatable bonds is 4. The van der Waals surface area contributed by atoms with Gasteiger partial charge in [-0.3, -0.25) is 4.99 Å². The molecule has 0 amide bonds. The Balaban J connectivity index is 2.06. The average Bonchev–Trinajstić information content (AvgIpc) is 2.88. The molecule has 0 atom stereocenters. The van der Waals surface area contributed by atoms with Crippen LogP contribution in [0.15, 0.2) is 47.5 Å². The topological polar surface area (TPSA) is 67.5 Å². The van der Waals surface area contributed by atoms with Crippen molar-refractivity contribution in [1.82, 2.24) is 9.78 Å². The molecule has 0 aliphatic heterocycles. The van der Waals surface area contributed by atoms with Gasteiger partial charge in [0.05, 0.1) is 28.3 Å². The van der Waals surface area contributed by atoms with Gasteiger partial charge in [-0.25, -0.2) is 9.48 Å². The molecule has 0 fully saturated rings. The predicted molar refractivity (Wildman–Crippen MR) is 103 cm³/mol. The van der Waals surface area contributed by atoms with Gasteiger partial charge in [-0.15, -0.1) is 0 Å². The second kappa shape index (κ2) is 6.96. The predicted octanol–water partition coefficient (Wildman–Crippen LogP) is 4.55. The first-order chi connectivity index (χ1) is 12.4. The lowest BCUT2D eigenvalue weighted by molar-refractivity contribution is 0.0697. The van der Waals surface area contributed by atoms with Crippen LogP contribution in [-0.4, -0.2) is 27.1 Å². The zero-order valence-corrected chi connectivity index (χ0v) is 15.3. The van der Waals surface area contributed by atoms with Gasteiger partial charge in [-0.2, -0.15) is 5.10 Å². The van der Waals surface area contributed by atoms with Crippen molar-refractivity contribution >= 4 is 17.9 Å². The van der Waals surface area contributed by atoms with Crippen LogP contribution in [0.3, 0.4) is 0 Å². The first-order valence-electron chi connectivity index (χ1n) is 8.38. The maximum Gasteiger partial charge on any atom is 0.337 e. The van der Waals surface area contributed by atoms with E-state index in [2.05, 4.69) is 10.1 Å². The first-order valence-corrected chi connectivity index (χ1v) is 8.38. The summed E-state index contributed by atoms with van der Waals surface area (Å²) in [5.74, 6) is -0.975. The standard InChI is InChI=1S/C21H21N3O2/c1-13-10-14(2)20(18(11-13)21(25)26)22-12-19-15(3)23-24(16(19)4)17-8-6-5-7-9-17/h5-12H,1-4H3,(H,25,26).